The van der Waals surface area contributed by atoms with E-state index in [4.69, 9.17) is 9.72 Å². The quantitative estimate of drug-likeness (QED) is 0.174. The molecule has 0 radical (unpaired) electrons. The molecular weight excluding hydrogens is 889 g/mol. The van der Waals surface area contributed by atoms with Gasteiger partial charge in [-0.05, 0) is 79.8 Å². The van der Waals surface area contributed by atoms with E-state index in [0.717, 1.165) is 72.4 Å². The number of benzene rings is 2. The number of likely N-dealkylation sites (tertiary alicyclic amines) is 1. The second kappa shape index (κ2) is 18.7. The Bertz CT molecular complexity index is 2900. The highest BCUT2D eigenvalue weighted by atomic mass is 19.1. The van der Waals surface area contributed by atoms with Crippen LogP contribution in [0.15, 0.2) is 73.2 Å². The number of aromatic nitrogens is 3. The number of rotatable bonds is 12. The summed E-state index contributed by atoms with van der Waals surface area (Å²) in [6, 6.07) is 15.7. The van der Waals surface area contributed by atoms with Crippen LogP contribution in [0.2, 0.25) is 0 Å². The molecule has 5 aliphatic rings. The van der Waals surface area contributed by atoms with Gasteiger partial charge in [-0.2, -0.15) is 10.4 Å². The van der Waals surface area contributed by atoms with E-state index in [2.05, 4.69) is 36.5 Å². The first-order chi connectivity index (χ1) is 33.4. The summed E-state index contributed by atoms with van der Waals surface area (Å²) < 4.78 is 36.6. The van der Waals surface area contributed by atoms with Crippen molar-refractivity contribution in [3.8, 4) is 22.9 Å². The van der Waals surface area contributed by atoms with Crippen molar-refractivity contribution in [3.05, 3.63) is 113 Å². The molecule has 5 aromatic rings. The molecule has 19 heteroatoms. The first kappa shape index (κ1) is 45.5. The summed E-state index contributed by atoms with van der Waals surface area (Å²) in [5.74, 6) is -1.86. The van der Waals surface area contributed by atoms with Gasteiger partial charge in [-0.25, -0.2) is 18.3 Å². The molecule has 4 fully saturated rings. The van der Waals surface area contributed by atoms with Crippen LogP contribution < -0.4 is 20.3 Å². The smallest absolute Gasteiger partial charge is 0.255 e. The number of ether oxygens (including phenoxy) is 1. The number of piperazine rings is 1. The summed E-state index contributed by atoms with van der Waals surface area (Å²) in [4.78, 5) is 79.4. The number of nitrogens with zero attached hydrogens (tertiary/aromatic N) is 9. The number of piperidine rings is 2. The monoisotopic (exact) mass is 939 g/mol. The van der Waals surface area contributed by atoms with Gasteiger partial charge in [0.05, 0.1) is 47.6 Å². The van der Waals surface area contributed by atoms with Crippen LogP contribution >= 0.6 is 0 Å². The minimum absolute atomic E-state index is 0.00131. The fourth-order valence-electron chi connectivity index (χ4n) is 10.5. The largest absolute Gasteiger partial charge is 0.492 e. The zero-order valence-electron chi connectivity index (χ0n) is 38.1. The van der Waals surface area contributed by atoms with E-state index in [0.29, 0.717) is 74.6 Å². The number of halogens is 2. The first-order valence-electron chi connectivity index (χ1n) is 23.4. The highest BCUT2D eigenvalue weighted by molar-refractivity contribution is 6.05. The Hall–Kier alpha value is -7.30. The molecule has 2 N–H and O–H groups in total. The Balaban J connectivity index is 0.754. The second-order valence-corrected chi connectivity index (χ2v) is 18.6. The summed E-state index contributed by atoms with van der Waals surface area (Å²) in [5.41, 5.74) is 3.61. The van der Waals surface area contributed by atoms with Gasteiger partial charge in [0.2, 0.25) is 17.7 Å². The number of hydrogen-bond donors (Lipinski definition) is 2. The normalized spacial score (nSPS) is 19.8. The third-order valence-electron chi connectivity index (χ3n) is 14.3. The number of amides is 5. The van der Waals surface area contributed by atoms with Crippen LogP contribution in [0.4, 0.5) is 14.6 Å². The van der Waals surface area contributed by atoms with Crippen LogP contribution in [0.1, 0.15) is 70.0 Å². The number of carbonyl (C=O) groups is 5. The molecule has 5 amide bonds. The molecule has 1 unspecified atom stereocenters. The minimum atomic E-state index is -0.795. The number of imide groups is 1. The fraction of sp³-hybridized carbons (Fsp3) is 0.400. The van der Waals surface area contributed by atoms with Crippen molar-refractivity contribution >= 4 is 40.9 Å². The lowest BCUT2D eigenvalue weighted by atomic mass is 9.85. The molecule has 0 aliphatic carbocycles. The number of pyridine rings is 2. The highest BCUT2D eigenvalue weighted by Crippen LogP contribution is 2.34. The molecule has 2 aromatic carbocycles. The van der Waals surface area contributed by atoms with Gasteiger partial charge in [0.1, 0.15) is 35.3 Å². The lowest BCUT2D eigenvalue weighted by Crippen LogP contribution is -2.66. The molecule has 3 aromatic heterocycles. The summed E-state index contributed by atoms with van der Waals surface area (Å²) in [6.45, 7) is 8.36. The number of nitriles is 1. The van der Waals surface area contributed by atoms with Crippen LogP contribution in [0.25, 0.3) is 16.6 Å². The predicted molar refractivity (Wildman–Crippen MR) is 247 cm³/mol. The van der Waals surface area contributed by atoms with Crippen molar-refractivity contribution in [3.63, 3.8) is 0 Å². The molecule has 10 rings (SSSR count). The van der Waals surface area contributed by atoms with E-state index in [1.807, 2.05) is 36.1 Å². The predicted octanol–water partition coefficient (Wildman–Crippen LogP) is 3.55. The lowest BCUT2D eigenvalue weighted by molar-refractivity contribution is -0.139. The number of carbonyl (C=O) groups excluding carboxylic acids is 5. The lowest BCUT2D eigenvalue weighted by Gasteiger charge is -2.50. The standard InChI is InChI=1S/C50H51F2N11O6/c1-2-69-37-22-39(46-34(23-53)25-55-63(46)29-37)32-4-9-43(54-24-32)60-13-11-50(12-14-60,57-47(66)40-21-35(51)5-7-41(40)52)30-58-15-17-59(18-16-58)36-27-61(28-36)45(65)20-31-3-6-38-33(19-31)26-62(49(38)68)42-8-10-44(64)56-48(42)67/h3-7,9,19,21-22,24-25,29,36,42H,2,8,10-18,20,26-28,30H2,1H3,(H,57,66)(H,56,64,67). The molecule has 0 saturated carbocycles. The highest BCUT2D eigenvalue weighted by Gasteiger charge is 2.42. The van der Waals surface area contributed by atoms with Gasteiger partial charge in [0, 0.05) is 101 Å². The Morgan fingerprint density at radius 1 is 0.957 bits per heavy atom. The van der Waals surface area contributed by atoms with Crippen molar-refractivity contribution in [1.82, 2.24) is 44.8 Å². The average molecular weight is 940 g/mol. The minimum Gasteiger partial charge on any atom is -0.492 e. The average Bonchev–Trinajstić information content (AvgIpc) is 3.89. The zero-order valence-corrected chi connectivity index (χ0v) is 38.1. The van der Waals surface area contributed by atoms with Gasteiger partial charge in [0.25, 0.3) is 11.8 Å². The summed E-state index contributed by atoms with van der Waals surface area (Å²) in [7, 11) is 0. The van der Waals surface area contributed by atoms with Crippen LogP contribution in [0.5, 0.6) is 5.75 Å². The van der Waals surface area contributed by atoms with Gasteiger partial charge >= 0.3 is 0 Å². The number of hydrogen-bond acceptors (Lipinski definition) is 12. The molecule has 5 aliphatic heterocycles. The first-order valence-corrected chi connectivity index (χ1v) is 23.4. The summed E-state index contributed by atoms with van der Waals surface area (Å²) in [6.07, 6.45) is 6.74. The SMILES string of the molecule is CCOc1cc(-c2ccc(N3CCC(CN4CCN(C5CN(C(=O)Cc6ccc7c(c6)CN(C6CCC(=O)NC6=O)C7=O)C5)CC4)(NC(=O)c4cc(F)ccc4F)CC3)nc2)c2c(C#N)cnn2c1. The number of fused-ring (bicyclic) bond motifs is 2. The van der Waals surface area contributed by atoms with E-state index < -0.39 is 35.0 Å². The van der Waals surface area contributed by atoms with E-state index in [-0.39, 0.29) is 55.1 Å². The molecule has 1 atom stereocenters. The van der Waals surface area contributed by atoms with Crippen molar-refractivity contribution in [2.24, 2.45) is 0 Å². The van der Waals surface area contributed by atoms with Crippen LogP contribution in [-0.2, 0) is 27.3 Å². The van der Waals surface area contributed by atoms with Crippen molar-refractivity contribution in [2.75, 3.05) is 70.4 Å². The summed E-state index contributed by atoms with van der Waals surface area (Å²) >= 11 is 0. The Morgan fingerprint density at radius 2 is 1.75 bits per heavy atom. The van der Waals surface area contributed by atoms with Gasteiger partial charge < -0.3 is 24.8 Å². The molecule has 8 heterocycles. The van der Waals surface area contributed by atoms with E-state index in [1.165, 1.54) is 11.1 Å². The maximum absolute atomic E-state index is 14.9. The number of nitrogens with one attached hydrogen (secondary N) is 2. The van der Waals surface area contributed by atoms with Crippen molar-refractivity contribution < 1.29 is 37.5 Å². The molecule has 4 saturated heterocycles. The molecule has 17 nitrogen and oxygen atoms in total. The topological polar surface area (TPSA) is 189 Å². The van der Waals surface area contributed by atoms with Crippen molar-refractivity contribution in [2.45, 2.75) is 63.2 Å². The van der Waals surface area contributed by atoms with Gasteiger partial charge in [-0.1, -0.05) is 12.1 Å². The van der Waals surface area contributed by atoms with E-state index in [9.17, 15) is 38.0 Å². The zero-order chi connectivity index (χ0) is 48.0. The molecule has 0 bridgehead atoms. The summed E-state index contributed by atoms with van der Waals surface area (Å²) in [5, 5.41) is 19.6. The maximum Gasteiger partial charge on any atom is 0.255 e. The maximum atomic E-state index is 14.9. The molecule has 356 valence electrons. The third kappa shape index (κ3) is 9.09. The van der Waals surface area contributed by atoms with Gasteiger partial charge in [-0.15, -0.1) is 0 Å². The van der Waals surface area contributed by atoms with E-state index >= 15 is 0 Å². The second-order valence-electron chi connectivity index (χ2n) is 18.6. The fourth-order valence-corrected chi connectivity index (χ4v) is 10.5. The van der Waals surface area contributed by atoms with Crippen molar-refractivity contribution in [1.29, 1.82) is 5.26 Å². The van der Waals surface area contributed by atoms with E-state index in [1.54, 1.807) is 29.0 Å². The molecule has 0 spiro atoms. The van der Waals surface area contributed by atoms with Crippen LogP contribution in [0, 0.1) is 23.0 Å². The van der Waals surface area contributed by atoms with Gasteiger partial charge in [0.15, 0.2) is 0 Å². The molecule has 69 heavy (non-hydrogen) atoms. The van der Waals surface area contributed by atoms with Crippen LogP contribution in [-0.4, -0.2) is 147 Å². The number of anilines is 1. The van der Waals surface area contributed by atoms with Crippen LogP contribution in [0.3, 0.4) is 0 Å². The third-order valence-corrected chi connectivity index (χ3v) is 14.3. The molecular formula is C50H51F2N11O6. The Morgan fingerprint density at radius 3 is 2.48 bits per heavy atom. The Kier molecular flexibility index (Phi) is 12.3. The van der Waals surface area contributed by atoms with Gasteiger partial charge in [-0.3, -0.25) is 39.1 Å². The Labute approximate surface area is 396 Å².